The third-order valence-corrected chi connectivity index (χ3v) is 5.54. The van der Waals surface area contributed by atoms with Crippen molar-refractivity contribution >= 4 is 24.1 Å². The molecule has 0 fully saturated rings. The molecule has 40 heavy (non-hydrogen) atoms. The second-order valence-electron chi connectivity index (χ2n) is 8.57. The van der Waals surface area contributed by atoms with Crippen molar-refractivity contribution in [2.45, 2.75) is 13.2 Å². The molecule has 0 aliphatic carbocycles. The molecule has 0 atom stereocenters. The van der Waals surface area contributed by atoms with Gasteiger partial charge < -0.3 is 9.47 Å². The smallest absolute Gasteiger partial charge is 0.331 e. The van der Waals surface area contributed by atoms with Gasteiger partial charge >= 0.3 is 11.9 Å². The van der Waals surface area contributed by atoms with Gasteiger partial charge in [-0.2, -0.15) is 0 Å². The molecule has 2 aromatic carbocycles. The lowest BCUT2D eigenvalue weighted by Gasteiger charge is -2.07. The predicted octanol–water partition coefficient (Wildman–Crippen LogP) is 6.77. The zero-order valence-corrected chi connectivity index (χ0v) is 21.8. The number of esters is 2. The lowest BCUT2D eigenvalue weighted by atomic mass is 10.1. The van der Waals surface area contributed by atoms with E-state index in [1.807, 2.05) is 84.9 Å². The Morgan fingerprint density at radius 3 is 1.43 bits per heavy atom. The van der Waals surface area contributed by atoms with E-state index in [9.17, 15) is 9.59 Å². The number of allylic oxidation sites excluding steroid dienone is 4. The molecule has 0 aliphatic rings. The molecule has 0 radical (unpaired) electrons. The molecule has 6 heteroatoms. The Labute approximate surface area is 233 Å². The quantitative estimate of drug-likeness (QED) is 0.121. The van der Waals surface area contributed by atoms with Gasteiger partial charge in [0.15, 0.2) is 0 Å². The fraction of sp³-hybridized carbons (Fsp3) is 0.0588. The molecule has 6 nitrogen and oxygen atoms in total. The van der Waals surface area contributed by atoms with Crippen LogP contribution in [-0.4, -0.2) is 21.9 Å². The first-order valence-electron chi connectivity index (χ1n) is 12.7. The van der Waals surface area contributed by atoms with Crippen LogP contribution in [0.5, 0.6) is 0 Å². The summed E-state index contributed by atoms with van der Waals surface area (Å²) in [6, 6.07) is 26.8. The topological polar surface area (TPSA) is 78.4 Å². The number of nitrogens with zero attached hydrogens (tertiary/aromatic N) is 2. The van der Waals surface area contributed by atoms with Gasteiger partial charge in [0, 0.05) is 24.5 Å². The van der Waals surface area contributed by atoms with Crippen LogP contribution in [0.3, 0.4) is 0 Å². The third-order valence-electron chi connectivity index (χ3n) is 5.54. The summed E-state index contributed by atoms with van der Waals surface area (Å²) in [5.41, 5.74) is 4.88. The Balaban J connectivity index is 1.26. The summed E-state index contributed by atoms with van der Waals surface area (Å²) in [7, 11) is 0. The summed E-state index contributed by atoms with van der Waals surface area (Å²) in [4.78, 5) is 32.9. The summed E-state index contributed by atoms with van der Waals surface area (Å²) >= 11 is 0. The first kappa shape index (κ1) is 27.7. The minimum Gasteiger partial charge on any atom is -0.458 e. The molecule has 0 saturated heterocycles. The van der Waals surface area contributed by atoms with Gasteiger partial charge in [-0.3, -0.25) is 9.97 Å². The Morgan fingerprint density at radius 1 is 0.575 bits per heavy atom. The zero-order chi connectivity index (χ0) is 27.8. The Bertz CT molecular complexity index is 1410. The highest BCUT2D eigenvalue weighted by Crippen LogP contribution is 2.18. The summed E-state index contributed by atoms with van der Waals surface area (Å²) < 4.78 is 10.7. The van der Waals surface area contributed by atoms with Gasteiger partial charge in [-0.25, -0.2) is 9.59 Å². The molecule has 0 amide bonds. The van der Waals surface area contributed by atoms with Gasteiger partial charge in [0.2, 0.25) is 0 Å². The van der Waals surface area contributed by atoms with Crippen LogP contribution >= 0.6 is 0 Å². The average molecular weight is 529 g/mol. The van der Waals surface area contributed by atoms with Crippen LogP contribution in [0.2, 0.25) is 0 Å². The van der Waals surface area contributed by atoms with E-state index in [-0.39, 0.29) is 13.2 Å². The highest BCUT2D eigenvalue weighted by Gasteiger charge is 2.07. The molecule has 2 heterocycles. The van der Waals surface area contributed by atoms with Crippen molar-refractivity contribution in [2.24, 2.45) is 0 Å². The summed E-state index contributed by atoms with van der Waals surface area (Å²) in [5.74, 6) is -0.884. The van der Waals surface area contributed by atoms with Crippen LogP contribution < -0.4 is 0 Å². The van der Waals surface area contributed by atoms with Gasteiger partial charge in [-0.15, -0.1) is 0 Å². The van der Waals surface area contributed by atoms with Crippen molar-refractivity contribution in [3.05, 3.63) is 156 Å². The van der Waals surface area contributed by atoms with Gasteiger partial charge in [0.05, 0.1) is 11.4 Å². The van der Waals surface area contributed by atoms with Crippen LogP contribution in [0.1, 0.15) is 22.3 Å². The van der Waals surface area contributed by atoms with E-state index in [1.54, 1.807) is 48.8 Å². The maximum absolute atomic E-state index is 12.1. The van der Waals surface area contributed by atoms with Gasteiger partial charge in [-0.05, 0) is 46.5 Å². The van der Waals surface area contributed by atoms with Crippen LogP contribution in [0.4, 0.5) is 0 Å². The van der Waals surface area contributed by atoms with E-state index >= 15 is 0 Å². The number of benzene rings is 2. The first-order chi connectivity index (χ1) is 19.7. The molecule has 4 aromatic rings. The number of rotatable bonds is 11. The third kappa shape index (κ3) is 9.50. The molecule has 0 bridgehead atoms. The number of carbonyl (C=O) groups excluding carboxylic acids is 2. The lowest BCUT2D eigenvalue weighted by molar-refractivity contribution is -0.139. The maximum atomic E-state index is 12.1. The molecule has 0 spiro atoms. The minimum atomic E-state index is -0.442. The monoisotopic (exact) mass is 528 g/mol. The molecule has 4 rings (SSSR count). The fourth-order valence-electron chi connectivity index (χ4n) is 3.54. The highest BCUT2D eigenvalue weighted by molar-refractivity contribution is 5.83. The second kappa shape index (κ2) is 15.1. The Kier molecular flexibility index (Phi) is 10.5. The molecule has 2 aromatic heterocycles. The molecule has 198 valence electrons. The molecular formula is C34H28N2O4. The van der Waals surface area contributed by atoms with E-state index in [4.69, 9.17) is 9.47 Å². The summed E-state index contributed by atoms with van der Waals surface area (Å²) in [6.07, 6.45) is 16.7. The average Bonchev–Trinajstić information content (AvgIpc) is 3.01. The maximum Gasteiger partial charge on any atom is 0.331 e. The molecule has 0 saturated carbocycles. The minimum absolute atomic E-state index is 0.101. The number of hydrogen-bond donors (Lipinski definition) is 0. The van der Waals surface area contributed by atoms with E-state index in [2.05, 4.69) is 9.97 Å². The number of hydrogen-bond acceptors (Lipinski definition) is 6. The lowest BCUT2D eigenvalue weighted by Crippen LogP contribution is -2.02. The van der Waals surface area contributed by atoms with E-state index in [0.717, 1.165) is 22.3 Å². The van der Waals surface area contributed by atoms with Crippen LogP contribution in [-0.2, 0) is 32.3 Å². The standard InChI is InChI=1S/C34H28N2O4/c37-33(17-9-7-15-27-11-3-1-4-12-27)39-25-29-19-21-35-31(23-29)32-24-30(20-22-36-32)26-40-34(38)18-10-8-16-28-13-5-2-6-14-28/h1-24H,25-26H2/b15-7+,16-8+,17-9+,18-10+. The summed E-state index contributed by atoms with van der Waals surface area (Å²) in [6.45, 7) is 0.201. The number of carbonyl (C=O) groups is 2. The molecule has 0 unspecified atom stereocenters. The normalized spacial score (nSPS) is 11.5. The van der Waals surface area contributed by atoms with E-state index in [1.165, 1.54) is 12.2 Å². The predicted molar refractivity (Wildman–Crippen MR) is 156 cm³/mol. The van der Waals surface area contributed by atoms with Crippen molar-refractivity contribution in [1.29, 1.82) is 0 Å². The highest BCUT2D eigenvalue weighted by atomic mass is 16.5. The van der Waals surface area contributed by atoms with E-state index in [0.29, 0.717) is 11.4 Å². The molecular weight excluding hydrogens is 500 g/mol. The van der Waals surface area contributed by atoms with Gasteiger partial charge in [-0.1, -0.05) is 97.1 Å². The van der Waals surface area contributed by atoms with E-state index < -0.39 is 11.9 Å². The second-order valence-corrected chi connectivity index (χ2v) is 8.57. The van der Waals surface area contributed by atoms with Crippen molar-refractivity contribution in [2.75, 3.05) is 0 Å². The fourth-order valence-corrected chi connectivity index (χ4v) is 3.54. The van der Waals surface area contributed by atoms with Crippen molar-refractivity contribution in [1.82, 2.24) is 9.97 Å². The van der Waals surface area contributed by atoms with Crippen LogP contribution in [0, 0.1) is 0 Å². The van der Waals surface area contributed by atoms with Crippen molar-refractivity contribution in [3.63, 3.8) is 0 Å². The number of aromatic nitrogens is 2. The van der Waals surface area contributed by atoms with Crippen molar-refractivity contribution < 1.29 is 19.1 Å². The zero-order valence-electron chi connectivity index (χ0n) is 21.8. The van der Waals surface area contributed by atoms with Gasteiger partial charge in [0.1, 0.15) is 13.2 Å². The van der Waals surface area contributed by atoms with Gasteiger partial charge in [0.25, 0.3) is 0 Å². The number of ether oxygens (including phenoxy) is 2. The molecule has 0 N–H and O–H groups in total. The van der Waals surface area contributed by atoms with Crippen LogP contribution in [0.15, 0.2) is 134 Å². The first-order valence-corrected chi connectivity index (χ1v) is 12.7. The number of pyridine rings is 2. The van der Waals surface area contributed by atoms with Crippen molar-refractivity contribution in [3.8, 4) is 11.4 Å². The molecule has 0 aliphatic heterocycles. The SMILES string of the molecule is O=C(/C=C/C=C/c1ccccc1)OCc1ccnc(-c2cc(COC(=O)/C=C/C=C/c3ccccc3)ccn2)c1. The van der Waals surface area contributed by atoms with Crippen LogP contribution in [0.25, 0.3) is 23.5 Å². The Morgan fingerprint density at radius 2 is 1.00 bits per heavy atom. The summed E-state index contributed by atoms with van der Waals surface area (Å²) in [5, 5.41) is 0. The Hall–Kier alpha value is -5.36. The largest absolute Gasteiger partial charge is 0.458 e.